The van der Waals surface area contributed by atoms with Crippen molar-refractivity contribution in [2.24, 2.45) is 0 Å². The Kier molecular flexibility index (Phi) is 5.05. The predicted octanol–water partition coefficient (Wildman–Crippen LogP) is 3.52. The quantitative estimate of drug-likeness (QED) is 0.675. The highest BCUT2D eigenvalue weighted by Crippen LogP contribution is 2.33. The van der Waals surface area contributed by atoms with Crippen LogP contribution in [-0.4, -0.2) is 53.5 Å². The summed E-state index contributed by atoms with van der Waals surface area (Å²) in [6, 6.07) is 18.4. The standard InChI is InChI=1S/C24H25N5O/c30-24(28-16-14-27(15-17-28)23-9-3-4-11-26-23)21-18-20(10-12-25-21)29-13-5-7-19-6-1-2-8-22(19)29/h1-4,6,8-12,18H,5,7,13-17H2. The predicted molar refractivity (Wildman–Crippen MR) is 118 cm³/mol. The second-order valence-corrected chi connectivity index (χ2v) is 7.75. The summed E-state index contributed by atoms with van der Waals surface area (Å²) in [6.07, 6.45) is 5.77. The number of carbonyl (C=O) groups is 1. The number of pyridine rings is 2. The van der Waals surface area contributed by atoms with E-state index in [1.54, 1.807) is 12.4 Å². The minimum atomic E-state index is 0.00261. The van der Waals surface area contributed by atoms with Crippen LogP contribution < -0.4 is 9.80 Å². The van der Waals surface area contributed by atoms with Gasteiger partial charge in [-0.3, -0.25) is 9.78 Å². The first kappa shape index (κ1) is 18.6. The molecule has 0 radical (unpaired) electrons. The Morgan fingerprint density at radius 3 is 2.50 bits per heavy atom. The van der Waals surface area contributed by atoms with Crippen LogP contribution in [0.1, 0.15) is 22.5 Å². The van der Waals surface area contributed by atoms with Crippen molar-refractivity contribution in [2.75, 3.05) is 42.5 Å². The van der Waals surface area contributed by atoms with Gasteiger partial charge in [0, 0.05) is 56.5 Å². The molecule has 5 rings (SSSR count). The molecule has 0 saturated carbocycles. The number of benzene rings is 1. The van der Waals surface area contributed by atoms with Gasteiger partial charge in [0.2, 0.25) is 0 Å². The van der Waals surface area contributed by atoms with Gasteiger partial charge in [-0.15, -0.1) is 0 Å². The first-order valence-electron chi connectivity index (χ1n) is 10.6. The smallest absolute Gasteiger partial charge is 0.272 e. The van der Waals surface area contributed by atoms with Gasteiger partial charge >= 0.3 is 0 Å². The van der Waals surface area contributed by atoms with Crippen molar-refractivity contribution in [2.45, 2.75) is 12.8 Å². The molecule has 2 aromatic heterocycles. The van der Waals surface area contributed by atoms with Crippen LogP contribution in [0.25, 0.3) is 0 Å². The number of carbonyl (C=O) groups excluding carboxylic acids is 1. The van der Waals surface area contributed by atoms with Crippen LogP contribution in [0.2, 0.25) is 0 Å². The number of piperazine rings is 1. The normalized spacial score (nSPS) is 16.3. The van der Waals surface area contributed by atoms with Gasteiger partial charge in [0.1, 0.15) is 11.5 Å². The Morgan fingerprint density at radius 2 is 1.67 bits per heavy atom. The number of nitrogens with zero attached hydrogens (tertiary/aromatic N) is 5. The Bertz CT molecular complexity index is 1030. The molecule has 6 nitrogen and oxygen atoms in total. The molecule has 1 fully saturated rings. The highest BCUT2D eigenvalue weighted by atomic mass is 16.2. The van der Waals surface area contributed by atoms with Crippen LogP contribution in [-0.2, 0) is 6.42 Å². The van der Waals surface area contributed by atoms with E-state index in [4.69, 9.17) is 0 Å². The molecular weight excluding hydrogens is 374 g/mol. The Balaban J connectivity index is 1.31. The molecule has 30 heavy (non-hydrogen) atoms. The number of hydrogen-bond donors (Lipinski definition) is 0. The fourth-order valence-electron chi connectivity index (χ4n) is 4.35. The van der Waals surface area contributed by atoms with Crippen LogP contribution in [0.3, 0.4) is 0 Å². The summed E-state index contributed by atoms with van der Waals surface area (Å²) in [5.41, 5.74) is 4.14. The average molecular weight is 399 g/mol. The number of rotatable bonds is 3. The third-order valence-electron chi connectivity index (χ3n) is 5.92. The molecular formula is C24H25N5O. The lowest BCUT2D eigenvalue weighted by Gasteiger charge is -2.35. The molecule has 2 aliphatic rings. The van der Waals surface area contributed by atoms with Gasteiger partial charge in [0.15, 0.2) is 0 Å². The molecule has 2 aliphatic heterocycles. The molecule has 1 aromatic carbocycles. The summed E-state index contributed by atoms with van der Waals surface area (Å²) in [5.74, 6) is 0.969. The van der Waals surface area contributed by atoms with Gasteiger partial charge < -0.3 is 14.7 Å². The van der Waals surface area contributed by atoms with Crippen LogP contribution >= 0.6 is 0 Å². The van der Waals surface area contributed by atoms with Crippen molar-refractivity contribution in [3.8, 4) is 0 Å². The van der Waals surface area contributed by atoms with E-state index in [2.05, 4.69) is 44.0 Å². The number of fused-ring (bicyclic) bond motifs is 1. The van der Waals surface area contributed by atoms with E-state index in [9.17, 15) is 4.79 Å². The Hall–Kier alpha value is -3.41. The first-order chi connectivity index (χ1) is 14.8. The number of hydrogen-bond acceptors (Lipinski definition) is 5. The van der Waals surface area contributed by atoms with Crippen LogP contribution in [0.4, 0.5) is 17.2 Å². The van der Waals surface area contributed by atoms with E-state index in [-0.39, 0.29) is 5.91 Å². The molecule has 3 aromatic rings. The highest BCUT2D eigenvalue weighted by molar-refractivity contribution is 5.93. The minimum absolute atomic E-state index is 0.00261. The number of amides is 1. The monoisotopic (exact) mass is 399 g/mol. The molecule has 0 N–H and O–H groups in total. The van der Waals surface area contributed by atoms with E-state index >= 15 is 0 Å². The molecule has 1 amide bonds. The molecule has 1 saturated heterocycles. The lowest BCUT2D eigenvalue weighted by atomic mass is 10.0. The van der Waals surface area contributed by atoms with Crippen molar-refractivity contribution in [3.63, 3.8) is 0 Å². The molecule has 0 atom stereocenters. The molecule has 0 spiro atoms. The van der Waals surface area contributed by atoms with Gasteiger partial charge in [0.05, 0.1) is 0 Å². The molecule has 6 heteroatoms. The summed E-state index contributed by atoms with van der Waals surface area (Å²) in [5, 5.41) is 0. The highest BCUT2D eigenvalue weighted by Gasteiger charge is 2.25. The van der Waals surface area contributed by atoms with E-state index in [1.165, 1.54) is 11.3 Å². The molecule has 0 unspecified atom stereocenters. The maximum absolute atomic E-state index is 13.1. The lowest BCUT2D eigenvalue weighted by molar-refractivity contribution is 0.0740. The Labute approximate surface area is 176 Å². The largest absolute Gasteiger partial charge is 0.353 e. The van der Waals surface area contributed by atoms with Crippen molar-refractivity contribution < 1.29 is 4.79 Å². The van der Waals surface area contributed by atoms with Crippen LogP contribution in [0.5, 0.6) is 0 Å². The fourth-order valence-corrected chi connectivity index (χ4v) is 4.35. The van der Waals surface area contributed by atoms with Gasteiger partial charge in [-0.25, -0.2) is 4.98 Å². The lowest BCUT2D eigenvalue weighted by Crippen LogP contribution is -2.49. The number of anilines is 3. The van der Waals surface area contributed by atoms with Crippen LogP contribution in [0.15, 0.2) is 67.0 Å². The first-order valence-corrected chi connectivity index (χ1v) is 10.6. The summed E-state index contributed by atoms with van der Waals surface area (Å²) in [7, 11) is 0. The molecule has 0 bridgehead atoms. The summed E-state index contributed by atoms with van der Waals surface area (Å²) in [6.45, 7) is 3.86. The molecule has 152 valence electrons. The van der Waals surface area contributed by atoms with E-state index in [0.29, 0.717) is 18.8 Å². The number of aromatic nitrogens is 2. The topological polar surface area (TPSA) is 52.6 Å². The maximum Gasteiger partial charge on any atom is 0.272 e. The minimum Gasteiger partial charge on any atom is -0.353 e. The van der Waals surface area contributed by atoms with Crippen molar-refractivity contribution in [3.05, 3.63) is 78.2 Å². The third-order valence-corrected chi connectivity index (χ3v) is 5.92. The molecule has 0 aliphatic carbocycles. The van der Waals surface area contributed by atoms with E-state index < -0.39 is 0 Å². The Morgan fingerprint density at radius 1 is 0.833 bits per heavy atom. The zero-order valence-electron chi connectivity index (χ0n) is 16.9. The van der Waals surface area contributed by atoms with Gasteiger partial charge in [-0.2, -0.15) is 0 Å². The van der Waals surface area contributed by atoms with Gasteiger partial charge in [0.25, 0.3) is 5.91 Å². The number of para-hydroxylation sites is 1. The summed E-state index contributed by atoms with van der Waals surface area (Å²) >= 11 is 0. The zero-order valence-corrected chi connectivity index (χ0v) is 16.9. The SMILES string of the molecule is O=C(c1cc(N2CCCc3ccccc32)ccn1)N1CCN(c2ccccn2)CC1. The third kappa shape index (κ3) is 3.61. The average Bonchev–Trinajstić information content (AvgIpc) is 2.84. The van der Waals surface area contributed by atoms with Crippen molar-refractivity contribution in [1.29, 1.82) is 0 Å². The molecule has 4 heterocycles. The van der Waals surface area contributed by atoms with Crippen molar-refractivity contribution in [1.82, 2.24) is 14.9 Å². The fraction of sp³-hybridized carbons (Fsp3) is 0.292. The summed E-state index contributed by atoms with van der Waals surface area (Å²) in [4.78, 5) is 28.4. The van der Waals surface area contributed by atoms with E-state index in [1.807, 2.05) is 35.2 Å². The maximum atomic E-state index is 13.1. The van der Waals surface area contributed by atoms with Gasteiger partial charge in [-0.05, 0) is 48.7 Å². The van der Waals surface area contributed by atoms with Gasteiger partial charge in [-0.1, -0.05) is 24.3 Å². The number of aryl methyl sites for hydroxylation is 1. The van der Waals surface area contributed by atoms with Crippen molar-refractivity contribution >= 4 is 23.1 Å². The van der Waals surface area contributed by atoms with Crippen LogP contribution in [0, 0.1) is 0 Å². The second kappa shape index (κ2) is 8.14. The second-order valence-electron chi connectivity index (χ2n) is 7.75. The van der Waals surface area contributed by atoms with E-state index in [0.717, 1.165) is 44.0 Å². The zero-order chi connectivity index (χ0) is 20.3. The summed E-state index contributed by atoms with van der Waals surface area (Å²) < 4.78 is 0.